The van der Waals surface area contributed by atoms with Crippen LogP contribution >= 0.6 is 35.4 Å². The van der Waals surface area contributed by atoms with Gasteiger partial charge in [0, 0.05) is 11.8 Å². The molecule has 0 amide bonds. The minimum atomic E-state index is -0.983. The zero-order valence-electron chi connectivity index (χ0n) is 15.7. The number of aromatic nitrogens is 4. The van der Waals surface area contributed by atoms with E-state index in [9.17, 15) is 0 Å². The van der Waals surface area contributed by atoms with Crippen molar-refractivity contribution in [2.45, 2.75) is 32.3 Å². The molecule has 1 N–H and O–H groups in total. The van der Waals surface area contributed by atoms with Crippen LogP contribution in [-0.2, 0) is 21.8 Å². The van der Waals surface area contributed by atoms with Crippen molar-refractivity contribution < 1.29 is 14.2 Å². The summed E-state index contributed by atoms with van der Waals surface area (Å²) in [4.78, 5) is 8.19. The van der Waals surface area contributed by atoms with Crippen LogP contribution in [0.3, 0.4) is 0 Å². The van der Waals surface area contributed by atoms with Crippen LogP contribution in [0.25, 0.3) is 0 Å². The smallest absolute Gasteiger partial charge is 0.238 e. The van der Waals surface area contributed by atoms with Gasteiger partial charge in [-0.2, -0.15) is 0 Å². The number of aryl methyl sites for hydroxylation is 1. The van der Waals surface area contributed by atoms with Crippen LogP contribution in [0.5, 0.6) is 11.6 Å². The molecular weight excluding hydrogens is 435 g/mol. The summed E-state index contributed by atoms with van der Waals surface area (Å²) in [5.41, 5.74) is 1.80. The highest BCUT2D eigenvalue weighted by atomic mass is 35.5. The van der Waals surface area contributed by atoms with Crippen LogP contribution in [0.15, 0.2) is 36.8 Å². The van der Waals surface area contributed by atoms with Gasteiger partial charge in [0.1, 0.15) is 23.6 Å². The second-order valence-corrected chi connectivity index (χ2v) is 7.98. The van der Waals surface area contributed by atoms with Gasteiger partial charge in [-0.3, -0.25) is 9.78 Å². The molecule has 3 aromatic rings. The zero-order chi connectivity index (χ0) is 20.6. The number of nitrogens with zero attached hydrogens (tertiary/aromatic N) is 3. The fraction of sp³-hybridized carbons (Fsp3) is 0.316. The van der Waals surface area contributed by atoms with E-state index in [1.165, 1.54) is 6.20 Å². The normalized spacial score (nSPS) is 21.4. The van der Waals surface area contributed by atoms with E-state index in [1.807, 2.05) is 32.0 Å². The number of ether oxygens (including phenoxy) is 3. The van der Waals surface area contributed by atoms with Gasteiger partial charge in [-0.15, -0.1) is 0 Å². The van der Waals surface area contributed by atoms with Crippen molar-refractivity contribution in [2.75, 3.05) is 6.61 Å². The quantitative estimate of drug-likeness (QED) is 0.547. The number of pyridine rings is 1. The van der Waals surface area contributed by atoms with Crippen molar-refractivity contribution in [1.29, 1.82) is 0 Å². The largest absolute Gasteiger partial charge is 0.438 e. The molecule has 4 rings (SSSR count). The van der Waals surface area contributed by atoms with Crippen LogP contribution in [-0.4, -0.2) is 32.5 Å². The van der Waals surface area contributed by atoms with Gasteiger partial charge in [0.05, 0.1) is 17.7 Å². The highest BCUT2D eigenvalue weighted by Crippen LogP contribution is 2.39. The Labute approximate surface area is 182 Å². The topological polar surface area (TPSA) is 74.2 Å². The van der Waals surface area contributed by atoms with Gasteiger partial charge >= 0.3 is 0 Å². The third-order valence-electron chi connectivity index (χ3n) is 4.53. The Kier molecular flexibility index (Phi) is 5.63. The van der Waals surface area contributed by atoms with Crippen molar-refractivity contribution >= 4 is 35.4 Å². The molecule has 0 radical (unpaired) electrons. The zero-order valence-corrected chi connectivity index (χ0v) is 18.0. The van der Waals surface area contributed by atoms with Gasteiger partial charge in [-0.1, -0.05) is 23.2 Å². The van der Waals surface area contributed by atoms with Crippen molar-refractivity contribution in [3.63, 3.8) is 0 Å². The molecule has 0 aliphatic carbocycles. The van der Waals surface area contributed by atoms with E-state index in [-0.39, 0.29) is 12.0 Å². The summed E-state index contributed by atoms with van der Waals surface area (Å²) < 4.78 is 20.3. The highest BCUT2D eigenvalue weighted by Gasteiger charge is 2.43. The van der Waals surface area contributed by atoms with Crippen molar-refractivity contribution in [3.05, 3.63) is 62.7 Å². The fourth-order valence-corrected chi connectivity index (χ4v) is 3.86. The molecule has 1 fully saturated rings. The molecule has 152 valence electrons. The van der Waals surface area contributed by atoms with Crippen molar-refractivity contribution in [2.24, 2.45) is 0 Å². The molecule has 1 saturated heterocycles. The average molecular weight is 453 g/mol. The molecule has 2 aromatic heterocycles. The Bertz CT molecular complexity index is 1100. The number of hydrogen-bond donors (Lipinski definition) is 1. The lowest BCUT2D eigenvalue weighted by Gasteiger charge is -2.30. The third kappa shape index (κ3) is 4.17. The average Bonchev–Trinajstić information content (AvgIpc) is 3.24. The summed E-state index contributed by atoms with van der Waals surface area (Å²) in [5.74, 6) is -0.117. The van der Waals surface area contributed by atoms with Crippen LogP contribution in [0.1, 0.15) is 18.1 Å². The number of H-pyrrole nitrogens is 1. The number of halogens is 2. The molecule has 29 heavy (non-hydrogen) atoms. The van der Waals surface area contributed by atoms with Gasteiger partial charge in [-0.25, -0.2) is 9.97 Å². The first-order chi connectivity index (χ1) is 13.9. The van der Waals surface area contributed by atoms with Crippen LogP contribution in [0.2, 0.25) is 10.0 Å². The first-order valence-electron chi connectivity index (χ1n) is 8.88. The molecule has 1 aromatic carbocycles. The van der Waals surface area contributed by atoms with Crippen molar-refractivity contribution in [3.8, 4) is 11.6 Å². The number of hydrogen-bond acceptors (Lipinski definition) is 6. The molecule has 3 heterocycles. The predicted molar refractivity (Wildman–Crippen MR) is 111 cm³/mol. The third-order valence-corrected chi connectivity index (χ3v) is 5.33. The maximum Gasteiger partial charge on any atom is 0.238 e. The minimum absolute atomic E-state index is 0.0560. The summed E-state index contributed by atoms with van der Waals surface area (Å²) >= 11 is 17.3. The monoisotopic (exact) mass is 452 g/mol. The number of nitrogens with one attached hydrogen (secondary N) is 1. The second kappa shape index (κ2) is 8.04. The molecule has 1 aliphatic heterocycles. The molecule has 1 aliphatic rings. The lowest BCUT2D eigenvalue weighted by molar-refractivity contribution is -0.187. The summed E-state index contributed by atoms with van der Waals surface area (Å²) in [5, 5.41) is 3.78. The van der Waals surface area contributed by atoms with E-state index in [4.69, 9.17) is 49.6 Å². The fourth-order valence-electron chi connectivity index (χ4n) is 3.27. The Morgan fingerprint density at radius 3 is 2.79 bits per heavy atom. The van der Waals surface area contributed by atoms with Crippen LogP contribution in [0.4, 0.5) is 0 Å². The summed E-state index contributed by atoms with van der Waals surface area (Å²) in [7, 11) is 0. The van der Waals surface area contributed by atoms with E-state index in [2.05, 4.69) is 15.1 Å². The second-order valence-electron chi connectivity index (χ2n) is 6.77. The van der Waals surface area contributed by atoms with E-state index in [1.54, 1.807) is 17.1 Å². The summed E-state index contributed by atoms with van der Waals surface area (Å²) in [6.45, 7) is 4.75. The highest BCUT2D eigenvalue weighted by molar-refractivity contribution is 7.71. The van der Waals surface area contributed by atoms with Gasteiger partial charge in [0.2, 0.25) is 16.4 Å². The van der Waals surface area contributed by atoms with E-state index < -0.39 is 5.79 Å². The van der Waals surface area contributed by atoms with E-state index in [0.29, 0.717) is 33.7 Å². The molecule has 7 nitrogen and oxygen atoms in total. The summed E-state index contributed by atoms with van der Waals surface area (Å²) in [6.07, 6.45) is 2.97. The first kappa shape index (κ1) is 20.3. The number of aromatic amines is 1. The van der Waals surface area contributed by atoms with Gasteiger partial charge < -0.3 is 14.2 Å². The molecule has 10 heteroatoms. The Hall–Kier alpha value is -1.97. The molecule has 0 spiro atoms. The van der Waals surface area contributed by atoms with Crippen LogP contribution < -0.4 is 4.74 Å². The van der Waals surface area contributed by atoms with Crippen molar-refractivity contribution in [1.82, 2.24) is 19.7 Å². The molecule has 2 unspecified atom stereocenters. The van der Waals surface area contributed by atoms with Gasteiger partial charge in [0.15, 0.2) is 0 Å². The van der Waals surface area contributed by atoms with E-state index in [0.717, 1.165) is 11.1 Å². The minimum Gasteiger partial charge on any atom is -0.438 e. The predicted octanol–water partition coefficient (Wildman–Crippen LogP) is 5.03. The lowest BCUT2D eigenvalue weighted by atomic mass is 9.99. The standard InChI is InChI=1S/C19H18Cl2N4O3S/c1-11-5-14(27-17-16(21)6-13(20)7-22-17)3-4-15(11)19(26-8-12(2)28-19)9-25-18(29)23-10-24-25/h3-7,10,12H,8-9H2,1-2H3,(H,23,24,29). The lowest BCUT2D eigenvalue weighted by Crippen LogP contribution is -2.34. The first-order valence-corrected chi connectivity index (χ1v) is 10.0. The van der Waals surface area contributed by atoms with Crippen LogP contribution in [0, 0.1) is 11.7 Å². The Morgan fingerprint density at radius 2 is 2.17 bits per heavy atom. The molecular formula is C19H18Cl2N4O3S. The molecule has 0 saturated carbocycles. The SMILES string of the molecule is Cc1cc(Oc2ncc(Cl)cc2Cl)ccc1C1(Cn2[nH]cnc2=S)OCC(C)O1. The number of rotatable bonds is 5. The molecule has 2 atom stereocenters. The van der Waals surface area contributed by atoms with Gasteiger partial charge in [0.25, 0.3) is 0 Å². The Morgan fingerprint density at radius 1 is 1.34 bits per heavy atom. The summed E-state index contributed by atoms with van der Waals surface area (Å²) in [6, 6.07) is 7.19. The molecule has 0 bridgehead atoms. The van der Waals surface area contributed by atoms with E-state index >= 15 is 0 Å². The maximum absolute atomic E-state index is 6.21. The number of benzene rings is 1. The Balaban J connectivity index is 1.66. The van der Waals surface area contributed by atoms with Gasteiger partial charge in [-0.05, 0) is 55.9 Å². The maximum atomic E-state index is 6.21.